The number of aromatic nitrogens is 3. The second-order valence-corrected chi connectivity index (χ2v) is 4.18. The predicted molar refractivity (Wildman–Crippen MR) is 71.4 cm³/mol. The molecule has 0 aliphatic carbocycles. The zero-order chi connectivity index (χ0) is 14.1. The summed E-state index contributed by atoms with van der Waals surface area (Å²) in [6.45, 7) is 0. The third-order valence-corrected chi connectivity index (χ3v) is 2.97. The Morgan fingerprint density at radius 1 is 1.20 bits per heavy atom. The topological polar surface area (TPSA) is 76.7 Å². The fourth-order valence-electron chi connectivity index (χ4n) is 1.98. The van der Waals surface area contributed by atoms with Crippen LogP contribution >= 0.6 is 0 Å². The van der Waals surface area contributed by atoms with Gasteiger partial charge in [-0.15, -0.1) is 10.2 Å². The highest BCUT2D eigenvalue weighted by Crippen LogP contribution is 2.27. The van der Waals surface area contributed by atoms with Gasteiger partial charge in [0.2, 0.25) is 0 Å². The average molecular weight is 269 g/mol. The van der Waals surface area contributed by atoms with Crippen LogP contribution in [0.25, 0.3) is 17.0 Å². The van der Waals surface area contributed by atoms with E-state index in [-0.39, 0.29) is 5.75 Å². The summed E-state index contributed by atoms with van der Waals surface area (Å²) in [5.74, 6) is 0.123. The van der Waals surface area contributed by atoms with Crippen LogP contribution < -0.4 is 0 Å². The van der Waals surface area contributed by atoms with Crippen molar-refractivity contribution in [2.75, 3.05) is 7.11 Å². The lowest BCUT2D eigenvalue weighted by atomic mass is 10.2. The zero-order valence-corrected chi connectivity index (χ0v) is 10.6. The van der Waals surface area contributed by atoms with Crippen molar-refractivity contribution < 1.29 is 14.6 Å². The van der Waals surface area contributed by atoms with Crippen molar-refractivity contribution in [3.63, 3.8) is 0 Å². The van der Waals surface area contributed by atoms with Crippen LogP contribution in [0.4, 0.5) is 0 Å². The third-order valence-electron chi connectivity index (χ3n) is 2.97. The molecule has 0 bridgehead atoms. The minimum atomic E-state index is -0.441. The lowest BCUT2D eigenvalue weighted by Crippen LogP contribution is -2.03. The van der Waals surface area contributed by atoms with Gasteiger partial charge in [0.15, 0.2) is 11.5 Å². The number of benzene rings is 1. The molecule has 0 saturated heterocycles. The first-order valence-corrected chi connectivity index (χ1v) is 5.92. The molecule has 0 spiro atoms. The Morgan fingerprint density at radius 3 is 2.75 bits per heavy atom. The number of carbonyl (C=O) groups excluding carboxylic acids is 1. The van der Waals surface area contributed by atoms with Crippen LogP contribution in [-0.2, 0) is 4.74 Å². The van der Waals surface area contributed by atoms with Crippen LogP contribution in [0.2, 0.25) is 0 Å². The molecule has 100 valence electrons. The molecule has 1 N–H and O–H groups in total. The summed E-state index contributed by atoms with van der Waals surface area (Å²) in [7, 11) is 1.32. The lowest BCUT2D eigenvalue weighted by Gasteiger charge is -2.04. The Bertz CT molecular complexity index is 795. The quantitative estimate of drug-likeness (QED) is 0.719. The van der Waals surface area contributed by atoms with E-state index >= 15 is 0 Å². The molecule has 1 aromatic carbocycles. The predicted octanol–water partition coefficient (Wildman–Crippen LogP) is 1.89. The number of hydrogen-bond acceptors (Lipinski definition) is 5. The van der Waals surface area contributed by atoms with Crippen LogP contribution in [0.5, 0.6) is 5.75 Å². The molecule has 2 aromatic heterocycles. The molecule has 20 heavy (non-hydrogen) atoms. The summed E-state index contributed by atoms with van der Waals surface area (Å²) in [5, 5.41) is 18.0. The molecule has 0 aliphatic rings. The van der Waals surface area contributed by atoms with Gasteiger partial charge in [-0.2, -0.15) is 0 Å². The van der Waals surface area contributed by atoms with Crippen molar-refractivity contribution in [3.8, 4) is 17.1 Å². The monoisotopic (exact) mass is 269 g/mol. The molecular weight excluding hydrogens is 258 g/mol. The van der Waals surface area contributed by atoms with Gasteiger partial charge in [-0.3, -0.25) is 4.40 Å². The summed E-state index contributed by atoms with van der Waals surface area (Å²) in [5.41, 5.74) is 1.51. The first kappa shape index (κ1) is 12.2. The molecule has 3 aromatic rings. The van der Waals surface area contributed by atoms with Gasteiger partial charge in [0, 0.05) is 6.20 Å². The maximum Gasteiger partial charge on any atom is 0.339 e. The van der Waals surface area contributed by atoms with Gasteiger partial charge in [0.05, 0.1) is 18.2 Å². The molecule has 0 saturated carbocycles. The summed E-state index contributed by atoms with van der Waals surface area (Å²) >= 11 is 0. The Balaban J connectivity index is 2.22. The Hall–Kier alpha value is -2.89. The van der Waals surface area contributed by atoms with E-state index in [4.69, 9.17) is 0 Å². The average Bonchev–Trinajstić information content (AvgIpc) is 2.90. The minimum Gasteiger partial charge on any atom is -0.507 e. The first-order valence-electron chi connectivity index (χ1n) is 5.92. The molecule has 0 aliphatic heterocycles. The number of phenols is 1. The smallest absolute Gasteiger partial charge is 0.339 e. The Morgan fingerprint density at radius 2 is 2.00 bits per heavy atom. The van der Waals surface area contributed by atoms with E-state index in [2.05, 4.69) is 14.9 Å². The van der Waals surface area contributed by atoms with Crippen molar-refractivity contribution in [2.24, 2.45) is 0 Å². The van der Waals surface area contributed by atoms with Crippen LogP contribution in [0.1, 0.15) is 10.4 Å². The van der Waals surface area contributed by atoms with Crippen LogP contribution in [-0.4, -0.2) is 32.8 Å². The second-order valence-electron chi connectivity index (χ2n) is 4.18. The second kappa shape index (κ2) is 4.65. The van der Waals surface area contributed by atoms with Gasteiger partial charge < -0.3 is 9.84 Å². The number of phenolic OH excluding ortho intramolecular Hbond substituents is 1. The molecule has 6 heteroatoms. The van der Waals surface area contributed by atoms with E-state index in [0.717, 1.165) is 0 Å². The molecule has 6 nitrogen and oxygen atoms in total. The standard InChI is InChI=1S/C14H11N3O3/c1-20-14(19)9-6-7-12-15-16-13(17(12)8-9)10-4-2-3-5-11(10)18/h2-8,18H,1H3. The van der Waals surface area contributed by atoms with Gasteiger partial charge in [0.1, 0.15) is 5.75 Å². The SMILES string of the molecule is COC(=O)c1ccc2nnc(-c3ccccc3O)n2c1. The summed E-state index contributed by atoms with van der Waals surface area (Å²) in [6.07, 6.45) is 1.59. The van der Waals surface area contributed by atoms with Crippen molar-refractivity contribution in [1.29, 1.82) is 0 Å². The van der Waals surface area contributed by atoms with E-state index in [1.807, 2.05) is 0 Å². The number of para-hydroxylation sites is 1. The molecule has 0 radical (unpaired) electrons. The number of esters is 1. The van der Waals surface area contributed by atoms with Crippen molar-refractivity contribution in [2.45, 2.75) is 0 Å². The number of rotatable bonds is 2. The van der Waals surface area contributed by atoms with Gasteiger partial charge in [-0.1, -0.05) is 12.1 Å². The number of ether oxygens (including phenoxy) is 1. The number of pyridine rings is 1. The number of aromatic hydroxyl groups is 1. The van der Waals surface area contributed by atoms with Crippen LogP contribution in [0.3, 0.4) is 0 Å². The van der Waals surface area contributed by atoms with Crippen molar-refractivity contribution >= 4 is 11.6 Å². The molecule has 0 fully saturated rings. The lowest BCUT2D eigenvalue weighted by molar-refractivity contribution is 0.0600. The largest absolute Gasteiger partial charge is 0.507 e. The molecule has 0 unspecified atom stereocenters. The summed E-state index contributed by atoms with van der Waals surface area (Å²) < 4.78 is 6.33. The highest BCUT2D eigenvalue weighted by molar-refractivity contribution is 5.89. The van der Waals surface area contributed by atoms with E-state index in [0.29, 0.717) is 22.6 Å². The zero-order valence-electron chi connectivity index (χ0n) is 10.6. The highest BCUT2D eigenvalue weighted by Gasteiger charge is 2.14. The molecule has 3 rings (SSSR count). The highest BCUT2D eigenvalue weighted by atomic mass is 16.5. The van der Waals surface area contributed by atoms with Gasteiger partial charge >= 0.3 is 5.97 Å². The normalized spacial score (nSPS) is 10.7. The number of carbonyl (C=O) groups is 1. The van der Waals surface area contributed by atoms with E-state index in [1.165, 1.54) is 7.11 Å². The number of hydrogen-bond donors (Lipinski definition) is 1. The fourth-order valence-corrected chi connectivity index (χ4v) is 1.98. The number of nitrogens with zero attached hydrogens (tertiary/aromatic N) is 3. The van der Waals surface area contributed by atoms with Gasteiger partial charge in [-0.05, 0) is 24.3 Å². The maximum absolute atomic E-state index is 11.6. The van der Waals surface area contributed by atoms with Gasteiger partial charge in [-0.25, -0.2) is 4.79 Å². The summed E-state index contributed by atoms with van der Waals surface area (Å²) in [4.78, 5) is 11.6. The van der Waals surface area contributed by atoms with Gasteiger partial charge in [0.25, 0.3) is 0 Å². The summed E-state index contributed by atoms with van der Waals surface area (Å²) in [6, 6.07) is 10.1. The van der Waals surface area contributed by atoms with Crippen LogP contribution in [0.15, 0.2) is 42.6 Å². The minimum absolute atomic E-state index is 0.102. The van der Waals surface area contributed by atoms with E-state index in [9.17, 15) is 9.90 Å². The first-order chi connectivity index (χ1) is 9.70. The molecule has 2 heterocycles. The molecule has 0 atom stereocenters. The van der Waals surface area contributed by atoms with Crippen molar-refractivity contribution in [3.05, 3.63) is 48.2 Å². The number of methoxy groups -OCH3 is 1. The van der Waals surface area contributed by atoms with Crippen molar-refractivity contribution in [1.82, 2.24) is 14.6 Å². The Kier molecular flexibility index (Phi) is 2.83. The molecule has 0 amide bonds. The maximum atomic E-state index is 11.6. The Labute approximate surface area is 114 Å². The third kappa shape index (κ3) is 1.87. The fraction of sp³-hybridized carbons (Fsp3) is 0.0714. The number of fused-ring (bicyclic) bond motifs is 1. The van der Waals surface area contributed by atoms with E-state index in [1.54, 1.807) is 47.0 Å². The van der Waals surface area contributed by atoms with Crippen LogP contribution in [0, 0.1) is 0 Å². The molecular formula is C14H11N3O3. The van der Waals surface area contributed by atoms with E-state index < -0.39 is 5.97 Å².